The van der Waals surface area contributed by atoms with Gasteiger partial charge in [0.05, 0.1) is 15.9 Å². The number of hydrogen-bond acceptors (Lipinski definition) is 3. The van der Waals surface area contributed by atoms with Gasteiger partial charge in [0.25, 0.3) is 5.56 Å². The van der Waals surface area contributed by atoms with Crippen LogP contribution in [0.2, 0.25) is 5.02 Å². The molecule has 0 spiro atoms. The minimum absolute atomic E-state index is 0.0994. The summed E-state index contributed by atoms with van der Waals surface area (Å²) in [6.45, 7) is 1.71. The van der Waals surface area contributed by atoms with Crippen molar-refractivity contribution in [2.45, 2.75) is 13.5 Å². The standard InChI is InChI=1S/C23H17ClFN3O2/c1-14-6-8-15(9-7-14)22-27-20-5-3-2-4-17(20)23(30)28(22)13-21(29)26-16-10-11-19(25)18(24)12-16/h2-12H,13H2,1H3,(H,26,29). The third kappa shape index (κ3) is 3.95. The molecule has 3 aromatic carbocycles. The first-order valence-electron chi connectivity index (χ1n) is 9.24. The van der Waals surface area contributed by atoms with Gasteiger partial charge in [-0.15, -0.1) is 0 Å². The van der Waals surface area contributed by atoms with Gasteiger partial charge in [0.1, 0.15) is 18.2 Å². The number of carbonyl (C=O) groups excluding carboxylic acids is 1. The maximum Gasteiger partial charge on any atom is 0.262 e. The number of nitrogens with one attached hydrogen (secondary N) is 1. The van der Waals surface area contributed by atoms with Crippen molar-refractivity contribution < 1.29 is 9.18 Å². The van der Waals surface area contributed by atoms with Crippen molar-refractivity contribution in [1.29, 1.82) is 0 Å². The average Bonchev–Trinajstić information content (AvgIpc) is 2.73. The smallest absolute Gasteiger partial charge is 0.262 e. The van der Waals surface area contributed by atoms with Crippen molar-refractivity contribution >= 4 is 34.1 Å². The van der Waals surface area contributed by atoms with Crippen LogP contribution in [0.4, 0.5) is 10.1 Å². The second kappa shape index (κ2) is 8.08. The highest BCUT2D eigenvalue weighted by Crippen LogP contribution is 2.21. The highest BCUT2D eigenvalue weighted by Gasteiger charge is 2.16. The first-order chi connectivity index (χ1) is 14.4. The topological polar surface area (TPSA) is 64.0 Å². The van der Waals surface area contributed by atoms with Crippen molar-refractivity contribution in [3.8, 4) is 11.4 Å². The van der Waals surface area contributed by atoms with Gasteiger partial charge < -0.3 is 5.32 Å². The van der Waals surface area contributed by atoms with Crippen LogP contribution in [0, 0.1) is 12.7 Å². The molecule has 1 aromatic heterocycles. The number of rotatable bonds is 4. The lowest BCUT2D eigenvalue weighted by Gasteiger charge is -2.14. The van der Waals surface area contributed by atoms with E-state index >= 15 is 0 Å². The highest BCUT2D eigenvalue weighted by molar-refractivity contribution is 6.31. The molecular weight excluding hydrogens is 405 g/mol. The van der Waals surface area contributed by atoms with E-state index in [9.17, 15) is 14.0 Å². The number of benzene rings is 3. The van der Waals surface area contributed by atoms with Crippen LogP contribution in [0.3, 0.4) is 0 Å². The number of aryl methyl sites for hydroxylation is 1. The first kappa shape index (κ1) is 19.8. The summed E-state index contributed by atoms with van der Waals surface area (Å²) < 4.78 is 14.7. The van der Waals surface area contributed by atoms with Gasteiger partial charge in [-0.2, -0.15) is 0 Å². The largest absolute Gasteiger partial charge is 0.324 e. The number of aromatic nitrogens is 2. The molecule has 0 aliphatic rings. The van der Waals surface area contributed by atoms with Gasteiger partial charge in [-0.25, -0.2) is 9.37 Å². The Morgan fingerprint density at radius 1 is 1.10 bits per heavy atom. The van der Waals surface area contributed by atoms with E-state index in [-0.39, 0.29) is 17.1 Å². The number of hydrogen-bond donors (Lipinski definition) is 1. The van der Waals surface area contributed by atoms with Crippen LogP contribution >= 0.6 is 11.6 Å². The zero-order valence-corrected chi connectivity index (χ0v) is 16.8. The SMILES string of the molecule is Cc1ccc(-c2nc3ccccc3c(=O)n2CC(=O)Nc2ccc(F)c(Cl)c2)cc1. The molecule has 0 fully saturated rings. The lowest BCUT2D eigenvalue weighted by Crippen LogP contribution is -2.30. The molecule has 0 saturated heterocycles. The summed E-state index contributed by atoms with van der Waals surface area (Å²) in [4.78, 5) is 30.5. The zero-order valence-electron chi connectivity index (χ0n) is 16.0. The van der Waals surface area contributed by atoms with E-state index in [1.165, 1.54) is 22.8 Å². The summed E-state index contributed by atoms with van der Waals surface area (Å²) in [5, 5.41) is 2.97. The molecular formula is C23H17ClFN3O2. The Morgan fingerprint density at radius 2 is 1.83 bits per heavy atom. The Morgan fingerprint density at radius 3 is 2.57 bits per heavy atom. The molecule has 30 heavy (non-hydrogen) atoms. The summed E-state index contributed by atoms with van der Waals surface area (Å²) in [5.41, 5.74) is 2.37. The number of fused-ring (bicyclic) bond motifs is 1. The van der Waals surface area contributed by atoms with Crippen LogP contribution in [-0.2, 0) is 11.3 Å². The van der Waals surface area contributed by atoms with Gasteiger partial charge in [0.2, 0.25) is 5.91 Å². The predicted molar refractivity (Wildman–Crippen MR) is 116 cm³/mol. The summed E-state index contributed by atoms with van der Waals surface area (Å²) in [7, 11) is 0. The summed E-state index contributed by atoms with van der Waals surface area (Å²) in [6, 6.07) is 18.4. The van der Waals surface area contributed by atoms with Crippen LogP contribution in [-0.4, -0.2) is 15.5 Å². The molecule has 0 aliphatic carbocycles. The third-order valence-corrected chi connectivity index (χ3v) is 4.97. The van der Waals surface area contributed by atoms with E-state index in [0.29, 0.717) is 22.4 Å². The third-order valence-electron chi connectivity index (χ3n) is 4.68. The van der Waals surface area contributed by atoms with Crippen LogP contribution in [0.25, 0.3) is 22.3 Å². The monoisotopic (exact) mass is 421 g/mol. The fraction of sp³-hybridized carbons (Fsp3) is 0.0870. The second-order valence-electron chi connectivity index (χ2n) is 6.89. The molecule has 0 bridgehead atoms. The fourth-order valence-electron chi connectivity index (χ4n) is 3.16. The Balaban J connectivity index is 1.76. The minimum Gasteiger partial charge on any atom is -0.324 e. The summed E-state index contributed by atoms with van der Waals surface area (Å²) >= 11 is 5.77. The van der Waals surface area contributed by atoms with Gasteiger partial charge in [-0.05, 0) is 37.3 Å². The minimum atomic E-state index is -0.578. The lowest BCUT2D eigenvalue weighted by atomic mass is 10.1. The fourth-order valence-corrected chi connectivity index (χ4v) is 3.34. The summed E-state index contributed by atoms with van der Waals surface area (Å²) in [6.07, 6.45) is 0. The predicted octanol–water partition coefficient (Wildman–Crippen LogP) is 4.80. The van der Waals surface area contributed by atoms with E-state index in [4.69, 9.17) is 11.6 Å². The van der Waals surface area contributed by atoms with Crippen LogP contribution < -0.4 is 10.9 Å². The molecule has 5 nitrogen and oxygen atoms in total. The Labute approximate surface area is 176 Å². The molecule has 0 aliphatic heterocycles. The van der Waals surface area contributed by atoms with E-state index in [2.05, 4.69) is 10.3 Å². The van der Waals surface area contributed by atoms with Crippen molar-refractivity contribution in [3.63, 3.8) is 0 Å². The van der Waals surface area contributed by atoms with Crippen molar-refractivity contribution in [2.75, 3.05) is 5.32 Å². The van der Waals surface area contributed by atoms with Gasteiger partial charge in [0, 0.05) is 11.3 Å². The molecule has 4 aromatic rings. The number of para-hydroxylation sites is 1. The first-order valence-corrected chi connectivity index (χ1v) is 9.62. The molecule has 0 unspecified atom stereocenters. The van der Waals surface area contributed by atoms with Gasteiger partial charge >= 0.3 is 0 Å². The van der Waals surface area contributed by atoms with Crippen LogP contribution in [0.5, 0.6) is 0 Å². The van der Waals surface area contributed by atoms with Crippen molar-refractivity contribution in [3.05, 3.63) is 93.5 Å². The van der Waals surface area contributed by atoms with E-state index < -0.39 is 11.7 Å². The van der Waals surface area contributed by atoms with E-state index in [0.717, 1.165) is 11.1 Å². The number of anilines is 1. The maximum absolute atomic E-state index is 13.4. The average molecular weight is 422 g/mol. The highest BCUT2D eigenvalue weighted by atomic mass is 35.5. The normalized spacial score (nSPS) is 10.9. The van der Waals surface area contributed by atoms with Gasteiger partial charge in [0.15, 0.2) is 0 Å². The molecule has 4 rings (SSSR count). The molecule has 0 saturated carbocycles. The molecule has 150 valence electrons. The molecule has 0 radical (unpaired) electrons. The number of amides is 1. The Kier molecular flexibility index (Phi) is 5.33. The lowest BCUT2D eigenvalue weighted by molar-refractivity contribution is -0.116. The number of carbonyl (C=O) groups is 1. The summed E-state index contributed by atoms with van der Waals surface area (Å²) in [5.74, 6) is -0.637. The zero-order chi connectivity index (χ0) is 21.3. The van der Waals surface area contributed by atoms with Crippen LogP contribution in [0.1, 0.15) is 5.56 Å². The van der Waals surface area contributed by atoms with Gasteiger partial charge in [-0.1, -0.05) is 53.6 Å². The quantitative estimate of drug-likeness (QED) is 0.514. The maximum atomic E-state index is 13.4. The Hall–Kier alpha value is -3.51. The molecule has 1 heterocycles. The number of halogens is 2. The van der Waals surface area contributed by atoms with Gasteiger partial charge in [-0.3, -0.25) is 14.2 Å². The number of nitrogens with zero attached hydrogens (tertiary/aromatic N) is 2. The van der Waals surface area contributed by atoms with E-state index in [1.54, 1.807) is 18.2 Å². The second-order valence-corrected chi connectivity index (χ2v) is 7.29. The molecule has 7 heteroatoms. The van der Waals surface area contributed by atoms with Crippen LogP contribution in [0.15, 0.2) is 71.5 Å². The van der Waals surface area contributed by atoms with E-state index in [1.807, 2.05) is 37.3 Å². The van der Waals surface area contributed by atoms with Crippen molar-refractivity contribution in [1.82, 2.24) is 9.55 Å². The molecule has 1 amide bonds. The molecule has 0 atom stereocenters. The molecule has 1 N–H and O–H groups in total. The Bertz CT molecular complexity index is 1320. The van der Waals surface area contributed by atoms with Crippen molar-refractivity contribution in [2.24, 2.45) is 0 Å².